The Balaban J connectivity index is 0.000000217. The van der Waals surface area contributed by atoms with Crippen LogP contribution in [0.1, 0.15) is 0 Å². The van der Waals surface area contributed by atoms with E-state index in [1.165, 1.54) is 19.7 Å². The summed E-state index contributed by atoms with van der Waals surface area (Å²) < 4.78 is 0. The SMILES string of the molecule is SSSS.c1ccncc1.c1ccncc1. The molecule has 0 aliphatic carbocycles. The largest absolute Gasteiger partial charge is 0.265 e. The quantitative estimate of drug-likeness (QED) is 0.606. The fraction of sp³-hybridized carbons (Fsp3) is 0. The average molecular weight is 288 g/mol. The van der Waals surface area contributed by atoms with Gasteiger partial charge in [0.05, 0.1) is 0 Å². The van der Waals surface area contributed by atoms with E-state index < -0.39 is 0 Å². The second-order valence-corrected chi connectivity index (χ2v) is 6.07. The zero-order chi connectivity index (χ0) is 11.9. The van der Waals surface area contributed by atoms with Crippen LogP contribution in [-0.2, 0) is 0 Å². The third-order valence-corrected chi connectivity index (χ3v) is 3.83. The summed E-state index contributed by atoms with van der Waals surface area (Å²) in [7, 11) is 2.66. The van der Waals surface area contributed by atoms with Gasteiger partial charge in [0.2, 0.25) is 0 Å². The van der Waals surface area contributed by atoms with Crippen LogP contribution in [0.15, 0.2) is 61.2 Å². The minimum absolute atomic E-state index is 1.33. The number of rotatable bonds is 1. The average Bonchev–Trinajstić information content (AvgIpc) is 2.44. The molecule has 0 saturated heterocycles. The van der Waals surface area contributed by atoms with Crippen LogP contribution in [0.5, 0.6) is 0 Å². The molecule has 2 aromatic heterocycles. The number of hydrogen-bond donors (Lipinski definition) is 2. The highest BCUT2D eigenvalue weighted by molar-refractivity contribution is 9.21. The summed E-state index contributed by atoms with van der Waals surface area (Å²) in [5, 5.41) is 0. The molecular weight excluding hydrogens is 276 g/mol. The minimum Gasteiger partial charge on any atom is -0.265 e. The predicted molar refractivity (Wildman–Crippen MR) is 81.6 cm³/mol. The van der Waals surface area contributed by atoms with Crippen molar-refractivity contribution in [3.63, 3.8) is 0 Å². The first-order valence-corrected chi connectivity index (χ1v) is 8.49. The molecule has 0 saturated carbocycles. The third kappa shape index (κ3) is 13.7. The van der Waals surface area contributed by atoms with Crippen LogP contribution < -0.4 is 0 Å². The Hall–Kier alpha value is -0.300. The number of nitrogens with zero attached hydrogens (tertiary/aromatic N) is 2. The van der Waals surface area contributed by atoms with Gasteiger partial charge in [-0.15, -0.1) is 0 Å². The Labute approximate surface area is 114 Å². The lowest BCUT2D eigenvalue weighted by Gasteiger charge is -1.70. The molecule has 0 aliphatic heterocycles. The molecule has 0 aromatic carbocycles. The molecule has 0 bridgehead atoms. The normalized spacial score (nSPS) is 7.88. The van der Waals surface area contributed by atoms with Crippen LogP contribution in [0.3, 0.4) is 0 Å². The minimum atomic E-state index is 1.33. The first kappa shape index (κ1) is 15.7. The second-order valence-electron chi connectivity index (χ2n) is 2.20. The molecule has 2 nitrogen and oxygen atoms in total. The molecule has 86 valence electrons. The van der Waals surface area contributed by atoms with Gasteiger partial charge >= 0.3 is 0 Å². The molecule has 2 aromatic rings. The number of pyridine rings is 2. The van der Waals surface area contributed by atoms with Crippen molar-refractivity contribution in [1.29, 1.82) is 0 Å². The fourth-order valence-corrected chi connectivity index (χ4v) is 0.625. The lowest BCUT2D eigenvalue weighted by atomic mass is 10.5. The second kappa shape index (κ2) is 14.7. The maximum absolute atomic E-state index is 3.78. The van der Waals surface area contributed by atoms with Gasteiger partial charge in [0.1, 0.15) is 0 Å². The fourth-order valence-electron chi connectivity index (χ4n) is 0.625. The van der Waals surface area contributed by atoms with E-state index in [4.69, 9.17) is 0 Å². The van der Waals surface area contributed by atoms with Gasteiger partial charge in [-0.25, -0.2) is 0 Å². The maximum Gasteiger partial charge on any atom is 0.0267 e. The number of aromatic nitrogens is 2. The summed E-state index contributed by atoms with van der Waals surface area (Å²) in [5.41, 5.74) is 0. The molecule has 0 unspecified atom stereocenters. The van der Waals surface area contributed by atoms with E-state index in [9.17, 15) is 0 Å². The first-order chi connectivity index (χ1) is 7.91. The monoisotopic (exact) mass is 288 g/mol. The Kier molecular flexibility index (Phi) is 14.4. The molecular formula is C10H12N2S4. The van der Waals surface area contributed by atoms with Gasteiger partial charge in [0, 0.05) is 24.8 Å². The summed E-state index contributed by atoms with van der Waals surface area (Å²) in [6.07, 6.45) is 7.00. The summed E-state index contributed by atoms with van der Waals surface area (Å²) in [5.74, 6) is 0. The Morgan fingerprint density at radius 2 is 0.875 bits per heavy atom. The lowest BCUT2D eigenvalue weighted by Crippen LogP contribution is -1.58. The summed E-state index contributed by atoms with van der Waals surface area (Å²) in [6, 6.07) is 11.4. The zero-order valence-corrected chi connectivity index (χ0v) is 11.8. The van der Waals surface area contributed by atoms with Crippen molar-refractivity contribution < 1.29 is 0 Å². The molecule has 0 radical (unpaired) electrons. The molecule has 0 N–H and O–H groups in total. The van der Waals surface area contributed by atoms with Crippen molar-refractivity contribution in [3.05, 3.63) is 61.2 Å². The van der Waals surface area contributed by atoms with Gasteiger partial charge in [0.15, 0.2) is 0 Å². The van der Waals surface area contributed by atoms with Crippen molar-refractivity contribution in [1.82, 2.24) is 9.97 Å². The molecule has 0 spiro atoms. The molecule has 0 amide bonds. The topological polar surface area (TPSA) is 25.8 Å². The lowest BCUT2D eigenvalue weighted by molar-refractivity contribution is 1.33. The van der Waals surface area contributed by atoms with Crippen molar-refractivity contribution in [2.45, 2.75) is 0 Å². The van der Waals surface area contributed by atoms with E-state index in [2.05, 4.69) is 33.3 Å². The Morgan fingerprint density at radius 1 is 0.562 bits per heavy atom. The summed E-state index contributed by atoms with van der Waals surface area (Å²) >= 11 is 7.45. The summed E-state index contributed by atoms with van der Waals surface area (Å²) in [4.78, 5) is 7.57. The molecule has 2 heterocycles. The van der Waals surface area contributed by atoms with E-state index >= 15 is 0 Å². The Morgan fingerprint density at radius 3 is 0.938 bits per heavy atom. The van der Waals surface area contributed by atoms with Crippen LogP contribution in [0.2, 0.25) is 0 Å². The standard InChI is InChI=1S/2C5H5N.H2S4/c2*1-2-4-6-5-3-1;1-3-4-2/h2*1-5H;1-2H. The van der Waals surface area contributed by atoms with Crippen LogP contribution in [-0.4, -0.2) is 9.97 Å². The highest BCUT2D eigenvalue weighted by atomic mass is 33.7. The number of thiol groups is 2. The van der Waals surface area contributed by atoms with Crippen LogP contribution in [0.4, 0.5) is 0 Å². The van der Waals surface area contributed by atoms with Crippen molar-refractivity contribution in [2.24, 2.45) is 0 Å². The van der Waals surface area contributed by atoms with Crippen LogP contribution in [0.25, 0.3) is 0 Å². The van der Waals surface area contributed by atoms with Crippen molar-refractivity contribution in [3.8, 4) is 0 Å². The first-order valence-electron chi connectivity index (χ1n) is 4.23. The summed E-state index contributed by atoms with van der Waals surface area (Å²) in [6.45, 7) is 0. The van der Waals surface area contributed by atoms with Crippen LogP contribution >= 0.6 is 43.0 Å². The zero-order valence-electron chi connectivity index (χ0n) is 8.38. The van der Waals surface area contributed by atoms with Crippen LogP contribution in [0, 0.1) is 0 Å². The predicted octanol–water partition coefficient (Wildman–Crippen LogP) is 4.22. The van der Waals surface area contributed by atoms with E-state index in [0.29, 0.717) is 0 Å². The van der Waals surface area contributed by atoms with Gasteiger partial charge in [0.25, 0.3) is 0 Å². The van der Waals surface area contributed by atoms with Gasteiger partial charge in [-0.1, -0.05) is 35.5 Å². The van der Waals surface area contributed by atoms with E-state index in [0.717, 1.165) is 0 Å². The molecule has 16 heavy (non-hydrogen) atoms. The molecule has 0 atom stereocenters. The Bertz CT molecular complexity index is 220. The highest BCUT2D eigenvalue weighted by Crippen LogP contribution is 2.27. The highest BCUT2D eigenvalue weighted by Gasteiger charge is 1.59. The van der Waals surface area contributed by atoms with E-state index in [-0.39, 0.29) is 0 Å². The number of hydrogen-bond acceptors (Lipinski definition) is 6. The molecule has 6 heteroatoms. The maximum atomic E-state index is 3.78. The molecule has 0 aliphatic rings. The van der Waals surface area contributed by atoms with Crippen molar-refractivity contribution >= 4 is 43.0 Å². The van der Waals surface area contributed by atoms with Gasteiger partial charge < -0.3 is 0 Å². The van der Waals surface area contributed by atoms with Gasteiger partial charge in [-0.2, -0.15) is 0 Å². The smallest absolute Gasteiger partial charge is 0.0267 e. The van der Waals surface area contributed by atoms with E-state index in [1.54, 1.807) is 24.8 Å². The molecule has 0 fully saturated rings. The third-order valence-electron chi connectivity index (χ3n) is 1.17. The van der Waals surface area contributed by atoms with Gasteiger partial charge in [-0.05, 0) is 43.9 Å². The van der Waals surface area contributed by atoms with Crippen molar-refractivity contribution in [2.75, 3.05) is 0 Å². The van der Waals surface area contributed by atoms with E-state index in [1.807, 2.05) is 36.4 Å². The van der Waals surface area contributed by atoms with Gasteiger partial charge in [-0.3, -0.25) is 9.97 Å². The molecule has 2 rings (SSSR count).